The lowest BCUT2D eigenvalue weighted by atomic mass is 10.2. The van der Waals surface area contributed by atoms with E-state index in [-0.39, 0.29) is 0 Å². The lowest BCUT2D eigenvalue weighted by Gasteiger charge is -2.19. The number of anilines is 2. The second-order valence-corrected chi connectivity index (χ2v) is 4.58. The normalized spacial score (nSPS) is 9.80. The molecule has 0 saturated heterocycles. The number of aromatic nitrogens is 1. The van der Waals surface area contributed by atoms with Crippen molar-refractivity contribution in [1.29, 1.82) is 5.26 Å². The quantitative estimate of drug-likeness (QED) is 0.817. The van der Waals surface area contributed by atoms with Crippen LogP contribution < -0.4 is 10.2 Å². The Kier molecular flexibility index (Phi) is 4.96. The highest BCUT2D eigenvalue weighted by Gasteiger charge is 1.99. The summed E-state index contributed by atoms with van der Waals surface area (Å²) in [6, 6.07) is 16.0. The van der Waals surface area contributed by atoms with Crippen LogP contribution in [0.3, 0.4) is 0 Å². The second kappa shape index (κ2) is 7.15. The molecule has 0 amide bonds. The Bertz CT molecular complexity index is 575. The molecule has 2 rings (SSSR count). The van der Waals surface area contributed by atoms with Crippen LogP contribution in [0.25, 0.3) is 0 Å². The van der Waals surface area contributed by atoms with Crippen LogP contribution >= 0.6 is 0 Å². The summed E-state index contributed by atoms with van der Waals surface area (Å²) in [6.07, 6.45) is 2.67. The van der Waals surface area contributed by atoms with Crippen LogP contribution in [0.15, 0.2) is 48.7 Å². The van der Waals surface area contributed by atoms with Crippen molar-refractivity contribution in [3.63, 3.8) is 0 Å². The van der Waals surface area contributed by atoms with Gasteiger partial charge < -0.3 is 10.2 Å². The molecule has 1 aromatic carbocycles. The molecule has 2 aromatic rings. The van der Waals surface area contributed by atoms with E-state index in [1.165, 1.54) is 5.69 Å². The minimum atomic E-state index is 0.441. The van der Waals surface area contributed by atoms with Gasteiger partial charge in [-0.15, -0.1) is 0 Å². The van der Waals surface area contributed by atoms with Gasteiger partial charge in [0, 0.05) is 37.7 Å². The Morgan fingerprint density at radius 2 is 2.05 bits per heavy atom. The highest BCUT2D eigenvalue weighted by Crippen LogP contribution is 2.11. The molecule has 4 heteroatoms. The van der Waals surface area contributed by atoms with E-state index >= 15 is 0 Å². The van der Waals surface area contributed by atoms with Gasteiger partial charge in [0.15, 0.2) is 0 Å². The molecule has 0 bridgehead atoms. The minimum Gasteiger partial charge on any atom is -0.385 e. The summed E-state index contributed by atoms with van der Waals surface area (Å²) in [5, 5.41) is 12.1. The molecule has 0 aliphatic rings. The monoisotopic (exact) mass is 266 g/mol. The largest absolute Gasteiger partial charge is 0.385 e. The van der Waals surface area contributed by atoms with Gasteiger partial charge in [0.2, 0.25) is 0 Å². The number of hydrogen-bond acceptors (Lipinski definition) is 4. The van der Waals surface area contributed by atoms with Crippen molar-refractivity contribution in [3.05, 3.63) is 54.4 Å². The Hall–Kier alpha value is -2.54. The average Bonchev–Trinajstić information content (AvgIpc) is 2.52. The van der Waals surface area contributed by atoms with E-state index in [0.29, 0.717) is 5.69 Å². The predicted molar refractivity (Wildman–Crippen MR) is 81.8 cm³/mol. The van der Waals surface area contributed by atoms with Crippen LogP contribution in [0, 0.1) is 11.3 Å². The van der Waals surface area contributed by atoms with Crippen LogP contribution in [-0.2, 0) is 0 Å². The summed E-state index contributed by atoms with van der Waals surface area (Å²) in [4.78, 5) is 6.18. The Labute approximate surface area is 119 Å². The first-order valence-electron chi connectivity index (χ1n) is 6.66. The van der Waals surface area contributed by atoms with Crippen LogP contribution in [0.4, 0.5) is 11.4 Å². The van der Waals surface area contributed by atoms with Crippen molar-refractivity contribution < 1.29 is 0 Å². The Morgan fingerprint density at radius 3 is 2.80 bits per heavy atom. The Balaban J connectivity index is 1.75. The van der Waals surface area contributed by atoms with E-state index < -0.39 is 0 Å². The minimum absolute atomic E-state index is 0.441. The highest BCUT2D eigenvalue weighted by molar-refractivity contribution is 5.46. The molecule has 102 valence electrons. The molecule has 0 saturated carbocycles. The zero-order valence-electron chi connectivity index (χ0n) is 11.6. The van der Waals surface area contributed by atoms with E-state index in [0.717, 1.165) is 25.2 Å². The van der Waals surface area contributed by atoms with Crippen molar-refractivity contribution in [2.45, 2.75) is 6.42 Å². The molecule has 0 atom stereocenters. The number of nitrogens with zero attached hydrogens (tertiary/aromatic N) is 3. The standard InChI is InChI=1S/C16H18N4/c1-20(16-6-3-2-4-7-16)11-5-9-18-14-8-10-19-15(12-14)13-17/h2-4,6-8,10,12H,5,9,11H2,1H3,(H,18,19). The first-order valence-corrected chi connectivity index (χ1v) is 6.66. The molecule has 0 radical (unpaired) electrons. The first kappa shape index (κ1) is 13.9. The van der Waals surface area contributed by atoms with Gasteiger partial charge in [-0.1, -0.05) is 18.2 Å². The molecule has 1 aromatic heterocycles. The van der Waals surface area contributed by atoms with Crippen molar-refractivity contribution in [1.82, 2.24) is 4.98 Å². The smallest absolute Gasteiger partial charge is 0.142 e. The van der Waals surface area contributed by atoms with Crippen LogP contribution in [0.2, 0.25) is 0 Å². The molecular weight excluding hydrogens is 248 g/mol. The van der Waals surface area contributed by atoms with Crippen molar-refractivity contribution in [3.8, 4) is 6.07 Å². The molecule has 0 fully saturated rings. The topological polar surface area (TPSA) is 52.0 Å². The summed E-state index contributed by atoms with van der Waals surface area (Å²) < 4.78 is 0. The maximum absolute atomic E-state index is 8.79. The number of pyridine rings is 1. The number of para-hydroxylation sites is 1. The molecule has 0 aliphatic heterocycles. The van der Waals surface area contributed by atoms with Gasteiger partial charge in [0.25, 0.3) is 0 Å². The van der Waals surface area contributed by atoms with Gasteiger partial charge in [-0.2, -0.15) is 5.26 Å². The van der Waals surface area contributed by atoms with Gasteiger partial charge in [0.05, 0.1) is 0 Å². The molecule has 20 heavy (non-hydrogen) atoms. The van der Waals surface area contributed by atoms with Crippen LogP contribution in [0.1, 0.15) is 12.1 Å². The fourth-order valence-electron chi connectivity index (χ4n) is 1.96. The lowest BCUT2D eigenvalue weighted by molar-refractivity contribution is 0.816. The van der Waals surface area contributed by atoms with Gasteiger partial charge in [-0.25, -0.2) is 4.98 Å². The zero-order chi connectivity index (χ0) is 14.2. The molecule has 0 spiro atoms. The fourth-order valence-corrected chi connectivity index (χ4v) is 1.96. The van der Waals surface area contributed by atoms with Crippen LogP contribution in [0.5, 0.6) is 0 Å². The van der Waals surface area contributed by atoms with Gasteiger partial charge in [-0.3, -0.25) is 0 Å². The number of nitriles is 1. The van der Waals surface area contributed by atoms with Crippen molar-refractivity contribution in [2.24, 2.45) is 0 Å². The third kappa shape index (κ3) is 3.99. The number of benzene rings is 1. The SMILES string of the molecule is CN(CCCNc1ccnc(C#N)c1)c1ccccc1. The van der Waals surface area contributed by atoms with E-state index in [1.807, 2.05) is 30.3 Å². The van der Waals surface area contributed by atoms with E-state index in [9.17, 15) is 0 Å². The predicted octanol–water partition coefficient (Wildman–Crippen LogP) is 2.89. The lowest BCUT2D eigenvalue weighted by Crippen LogP contribution is -2.20. The summed E-state index contributed by atoms with van der Waals surface area (Å²) in [6.45, 7) is 1.85. The number of rotatable bonds is 6. The van der Waals surface area contributed by atoms with Crippen molar-refractivity contribution >= 4 is 11.4 Å². The van der Waals surface area contributed by atoms with Crippen molar-refractivity contribution in [2.75, 3.05) is 30.4 Å². The third-order valence-corrected chi connectivity index (χ3v) is 3.07. The average molecular weight is 266 g/mol. The first-order chi connectivity index (χ1) is 9.79. The van der Waals surface area contributed by atoms with Crippen LogP contribution in [-0.4, -0.2) is 25.1 Å². The van der Waals surface area contributed by atoms with E-state index in [1.54, 1.807) is 12.3 Å². The summed E-state index contributed by atoms with van der Waals surface area (Å²) >= 11 is 0. The molecule has 0 aliphatic carbocycles. The zero-order valence-corrected chi connectivity index (χ0v) is 11.6. The third-order valence-electron chi connectivity index (χ3n) is 3.07. The maximum atomic E-state index is 8.79. The molecular formula is C16H18N4. The second-order valence-electron chi connectivity index (χ2n) is 4.58. The molecule has 1 N–H and O–H groups in total. The fraction of sp³-hybridized carbons (Fsp3) is 0.250. The van der Waals surface area contributed by atoms with Gasteiger partial charge in [-0.05, 0) is 30.7 Å². The molecule has 0 unspecified atom stereocenters. The summed E-state index contributed by atoms with van der Waals surface area (Å²) in [5.41, 5.74) is 2.61. The molecule has 1 heterocycles. The van der Waals surface area contributed by atoms with Gasteiger partial charge in [0.1, 0.15) is 11.8 Å². The highest BCUT2D eigenvalue weighted by atomic mass is 15.1. The maximum Gasteiger partial charge on any atom is 0.142 e. The summed E-state index contributed by atoms with van der Waals surface area (Å²) in [7, 11) is 2.09. The number of nitrogens with one attached hydrogen (secondary N) is 1. The number of hydrogen-bond donors (Lipinski definition) is 1. The van der Waals surface area contributed by atoms with E-state index in [4.69, 9.17) is 5.26 Å². The Morgan fingerprint density at radius 1 is 1.25 bits per heavy atom. The summed E-state index contributed by atoms with van der Waals surface area (Å²) in [5.74, 6) is 0. The molecule has 4 nitrogen and oxygen atoms in total. The van der Waals surface area contributed by atoms with Gasteiger partial charge >= 0.3 is 0 Å². The van der Waals surface area contributed by atoms with E-state index in [2.05, 4.69) is 34.4 Å².